The summed E-state index contributed by atoms with van der Waals surface area (Å²) in [5.41, 5.74) is 6.26. The first-order valence-corrected chi connectivity index (χ1v) is 7.01. The maximum absolute atomic E-state index is 12.7. The molecule has 0 bridgehead atoms. The van der Waals surface area contributed by atoms with Gasteiger partial charge in [0.05, 0.1) is 22.7 Å². The van der Waals surface area contributed by atoms with Crippen LogP contribution >= 0.6 is 24.0 Å². The van der Waals surface area contributed by atoms with Gasteiger partial charge < -0.3 is 10.8 Å². The molecule has 2 aromatic carbocycles. The Morgan fingerprint density at radius 1 is 1.09 bits per heavy atom. The monoisotopic (exact) mass is 365 g/mol. The summed E-state index contributed by atoms with van der Waals surface area (Å²) in [6, 6.07) is 11.7. The van der Waals surface area contributed by atoms with E-state index in [2.05, 4.69) is 0 Å². The van der Waals surface area contributed by atoms with E-state index >= 15 is 0 Å². The van der Waals surface area contributed by atoms with Crippen LogP contribution in [-0.2, 0) is 12.6 Å². The van der Waals surface area contributed by atoms with Crippen LogP contribution in [0, 0.1) is 0 Å². The van der Waals surface area contributed by atoms with Crippen molar-refractivity contribution in [2.45, 2.75) is 24.7 Å². The van der Waals surface area contributed by atoms with Crippen LogP contribution < -0.4 is 5.73 Å². The zero-order valence-electron chi connectivity index (χ0n) is 11.9. The van der Waals surface area contributed by atoms with E-state index in [-0.39, 0.29) is 12.4 Å². The number of benzene rings is 2. The van der Waals surface area contributed by atoms with Gasteiger partial charge in [0, 0.05) is 6.42 Å². The first-order chi connectivity index (χ1) is 10.3. The van der Waals surface area contributed by atoms with Gasteiger partial charge in [0.15, 0.2) is 0 Å². The Kier molecular flexibility index (Phi) is 6.89. The summed E-state index contributed by atoms with van der Waals surface area (Å²) in [6.45, 7) is 0. The number of alkyl halides is 3. The molecule has 0 aliphatic heterocycles. The van der Waals surface area contributed by atoms with Crippen LogP contribution in [0.3, 0.4) is 0 Å². The molecule has 23 heavy (non-hydrogen) atoms. The second-order valence-electron chi connectivity index (χ2n) is 5.02. The molecule has 2 nitrogen and oxygen atoms in total. The highest BCUT2D eigenvalue weighted by molar-refractivity contribution is 6.31. The van der Waals surface area contributed by atoms with Crippen molar-refractivity contribution < 1.29 is 18.3 Å². The highest BCUT2D eigenvalue weighted by atomic mass is 35.5. The molecule has 0 spiro atoms. The minimum atomic E-state index is -4.51. The smallest absolute Gasteiger partial charge is 0.391 e. The lowest BCUT2D eigenvalue weighted by atomic mass is 9.96. The molecule has 0 heterocycles. The summed E-state index contributed by atoms with van der Waals surface area (Å²) in [6.07, 6.45) is -5.13. The van der Waals surface area contributed by atoms with E-state index in [9.17, 15) is 18.3 Å². The molecule has 2 atom stereocenters. The summed E-state index contributed by atoms with van der Waals surface area (Å²) in [7, 11) is 0. The number of hydrogen-bond donors (Lipinski definition) is 2. The van der Waals surface area contributed by atoms with Crippen molar-refractivity contribution in [3.63, 3.8) is 0 Å². The Balaban J connectivity index is 0.00000264. The topological polar surface area (TPSA) is 46.2 Å². The van der Waals surface area contributed by atoms with E-state index in [0.29, 0.717) is 12.0 Å². The van der Waals surface area contributed by atoms with Gasteiger partial charge in [-0.05, 0) is 23.3 Å². The third-order valence-corrected chi connectivity index (χ3v) is 3.70. The number of aliphatic hydroxyl groups excluding tert-OH is 1. The predicted molar refractivity (Wildman–Crippen MR) is 86.8 cm³/mol. The fourth-order valence-electron chi connectivity index (χ4n) is 2.17. The maximum Gasteiger partial charge on any atom is 0.417 e. The zero-order valence-corrected chi connectivity index (χ0v) is 13.5. The van der Waals surface area contributed by atoms with Crippen LogP contribution in [0.15, 0.2) is 48.5 Å². The van der Waals surface area contributed by atoms with Gasteiger partial charge in [-0.25, -0.2) is 0 Å². The van der Waals surface area contributed by atoms with Gasteiger partial charge in [-0.15, -0.1) is 12.4 Å². The van der Waals surface area contributed by atoms with Crippen LogP contribution in [0.25, 0.3) is 0 Å². The lowest BCUT2D eigenvalue weighted by Crippen LogP contribution is -2.28. The van der Waals surface area contributed by atoms with Crippen molar-refractivity contribution in [1.82, 2.24) is 0 Å². The number of halogens is 5. The second-order valence-corrected chi connectivity index (χ2v) is 5.43. The van der Waals surface area contributed by atoms with Gasteiger partial charge in [-0.3, -0.25) is 0 Å². The molecule has 0 aliphatic carbocycles. The van der Waals surface area contributed by atoms with Crippen LogP contribution in [0.2, 0.25) is 5.02 Å². The molecule has 2 rings (SSSR count). The van der Waals surface area contributed by atoms with Crippen molar-refractivity contribution in [2.75, 3.05) is 0 Å². The third-order valence-electron chi connectivity index (χ3n) is 3.39. The Hall–Kier alpha value is -1.27. The summed E-state index contributed by atoms with van der Waals surface area (Å²) in [5, 5.41) is 9.73. The molecule has 0 unspecified atom stereocenters. The second kappa shape index (κ2) is 8.02. The molecule has 0 amide bonds. The highest BCUT2D eigenvalue weighted by Crippen LogP contribution is 2.36. The number of nitrogens with two attached hydrogens (primary N) is 1. The van der Waals surface area contributed by atoms with E-state index in [1.807, 2.05) is 30.3 Å². The van der Waals surface area contributed by atoms with Crippen molar-refractivity contribution in [3.05, 3.63) is 70.2 Å². The maximum atomic E-state index is 12.7. The molecule has 0 fully saturated rings. The number of hydrogen-bond acceptors (Lipinski definition) is 2. The van der Waals surface area contributed by atoms with E-state index in [1.54, 1.807) is 0 Å². The first-order valence-electron chi connectivity index (χ1n) is 6.63. The zero-order chi connectivity index (χ0) is 16.3. The fourth-order valence-corrected chi connectivity index (χ4v) is 2.47. The van der Waals surface area contributed by atoms with Gasteiger partial charge in [-0.2, -0.15) is 13.2 Å². The summed E-state index contributed by atoms with van der Waals surface area (Å²) in [4.78, 5) is 0. The molecular weight excluding hydrogens is 350 g/mol. The number of aliphatic hydroxyl groups is 1. The van der Waals surface area contributed by atoms with E-state index < -0.39 is 28.9 Å². The van der Waals surface area contributed by atoms with Crippen molar-refractivity contribution in [2.24, 2.45) is 5.73 Å². The van der Waals surface area contributed by atoms with Crippen LogP contribution in [0.5, 0.6) is 0 Å². The van der Waals surface area contributed by atoms with Crippen LogP contribution in [-0.4, -0.2) is 11.2 Å². The van der Waals surface area contributed by atoms with Gasteiger partial charge in [0.2, 0.25) is 0 Å². The van der Waals surface area contributed by atoms with Gasteiger partial charge in [-0.1, -0.05) is 48.0 Å². The summed E-state index contributed by atoms with van der Waals surface area (Å²) in [5.74, 6) is 0. The molecule has 2 aromatic rings. The third kappa shape index (κ3) is 5.11. The quantitative estimate of drug-likeness (QED) is 0.844. The van der Waals surface area contributed by atoms with E-state index in [1.165, 1.54) is 6.07 Å². The molecule has 0 saturated heterocycles. The minimum absolute atomic E-state index is 0. The average molecular weight is 366 g/mol. The van der Waals surface area contributed by atoms with E-state index in [0.717, 1.165) is 17.7 Å². The number of rotatable bonds is 4. The molecule has 0 saturated carbocycles. The molecule has 7 heteroatoms. The van der Waals surface area contributed by atoms with Crippen molar-refractivity contribution in [1.29, 1.82) is 0 Å². The lowest BCUT2D eigenvalue weighted by molar-refractivity contribution is -0.137. The van der Waals surface area contributed by atoms with Crippen molar-refractivity contribution >= 4 is 24.0 Å². The summed E-state index contributed by atoms with van der Waals surface area (Å²) >= 11 is 5.67. The molecule has 3 N–H and O–H groups in total. The SMILES string of the molecule is Cl.N[C@H](c1ccc(C(F)(F)F)c(Cl)c1)[C@@H](O)Cc1ccccc1. The van der Waals surface area contributed by atoms with Crippen LogP contribution in [0.4, 0.5) is 13.2 Å². The Morgan fingerprint density at radius 2 is 1.70 bits per heavy atom. The van der Waals surface area contributed by atoms with Crippen molar-refractivity contribution in [3.8, 4) is 0 Å². The predicted octanol–water partition coefficient (Wildman–Crippen LogP) is 4.38. The average Bonchev–Trinajstić information content (AvgIpc) is 2.46. The highest BCUT2D eigenvalue weighted by Gasteiger charge is 2.33. The Morgan fingerprint density at radius 3 is 2.22 bits per heavy atom. The molecule has 0 radical (unpaired) electrons. The normalized spacial score (nSPS) is 14.0. The largest absolute Gasteiger partial charge is 0.417 e. The first kappa shape index (κ1) is 19.8. The molecule has 0 aliphatic rings. The van der Waals surface area contributed by atoms with Gasteiger partial charge in [0.1, 0.15) is 0 Å². The Labute approximate surface area is 143 Å². The standard InChI is InChI=1S/C16H15ClF3NO.ClH/c17-13-9-11(6-7-12(13)16(18,19)20)15(21)14(22)8-10-4-2-1-3-5-10;/h1-7,9,14-15,22H,8,21H2;1H/t14-,15+;/m0./s1. The fraction of sp³-hybridized carbons (Fsp3) is 0.250. The molecule has 126 valence electrons. The van der Waals surface area contributed by atoms with Crippen LogP contribution in [0.1, 0.15) is 22.7 Å². The lowest BCUT2D eigenvalue weighted by Gasteiger charge is -2.20. The van der Waals surface area contributed by atoms with Gasteiger partial charge >= 0.3 is 6.18 Å². The minimum Gasteiger partial charge on any atom is -0.391 e. The van der Waals surface area contributed by atoms with E-state index in [4.69, 9.17) is 17.3 Å². The summed E-state index contributed by atoms with van der Waals surface area (Å²) < 4.78 is 38.0. The molecule has 0 aromatic heterocycles. The Bertz CT molecular complexity index is 635. The molecular formula is C16H16Cl2F3NO. The van der Waals surface area contributed by atoms with Gasteiger partial charge in [0.25, 0.3) is 0 Å².